The van der Waals surface area contributed by atoms with Crippen LogP contribution >= 0.6 is 27.7 Å². The maximum absolute atomic E-state index is 13.6. The molecule has 108 valence electrons. The van der Waals surface area contributed by atoms with Gasteiger partial charge in [-0.3, -0.25) is 0 Å². The number of hydrogen-bond donors (Lipinski definition) is 1. The molecule has 2 aromatic carbocycles. The van der Waals surface area contributed by atoms with E-state index >= 15 is 0 Å². The Kier molecular flexibility index (Phi) is 4.33. The standard InChI is InChI=1S/C16H13BrFNOS/c17-11-5-1-2-7-15(11)21-9-13(19)14-8-10-4-3-6-12(18)16(10)20-14/h1-8,13H,9,19H2. The Morgan fingerprint density at radius 1 is 1.19 bits per heavy atom. The number of nitrogens with two attached hydrogens (primary N) is 1. The molecule has 1 unspecified atom stereocenters. The minimum absolute atomic E-state index is 0.272. The van der Waals surface area contributed by atoms with Crippen molar-refractivity contribution in [2.45, 2.75) is 10.9 Å². The molecule has 0 aliphatic heterocycles. The van der Waals surface area contributed by atoms with Crippen LogP contribution in [0.3, 0.4) is 0 Å². The Balaban J connectivity index is 1.76. The third kappa shape index (κ3) is 3.15. The fourth-order valence-corrected chi connectivity index (χ4v) is 3.59. The van der Waals surface area contributed by atoms with E-state index in [1.807, 2.05) is 36.4 Å². The van der Waals surface area contributed by atoms with Crippen LogP contribution in [0.5, 0.6) is 0 Å². The van der Waals surface area contributed by atoms with Crippen LogP contribution in [0.4, 0.5) is 4.39 Å². The molecule has 3 aromatic rings. The van der Waals surface area contributed by atoms with Crippen molar-refractivity contribution in [1.82, 2.24) is 0 Å². The Morgan fingerprint density at radius 2 is 2.00 bits per heavy atom. The second-order valence-corrected chi connectivity index (χ2v) is 6.57. The third-order valence-corrected chi connectivity index (χ3v) is 5.28. The van der Waals surface area contributed by atoms with E-state index in [1.165, 1.54) is 6.07 Å². The highest BCUT2D eigenvalue weighted by Gasteiger charge is 2.15. The van der Waals surface area contributed by atoms with Crippen LogP contribution in [0.15, 0.2) is 62.3 Å². The highest BCUT2D eigenvalue weighted by atomic mass is 79.9. The van der Waals surface area contributed by atoms with E-state index in [-0.39, 0.29) is 17.4 Å². The van der Waals surface area contributed by atoms with Crippen LogP contribution in [-0.2, 0) is 0 Å². The summed E-state index contributed by atoms with van der Waals surface area (Å²) >= 11 is 5.14. The van der Waals surface area contributed by atoms with E-state index in [1.54, 1.807) is 17.8 Å². The van der Waals surface area contributed by atoms with Gasteiger partial charge >= 0.3 is 0 Å². The smallest absolute Gasteiger partial charge is 0.169 e. The Hall–Kier alpha value is -1.30. The number of halogens is 2. The van der Waals surface area contributed by atoms with Crippen LogP contribution < -0.4 is 5.73 Å². The molecule has 1 atom stereocenters. The quantitative estimate of drug-likeness (QED) is 0.651. The zero-order valence-corrected chi connectivity index (χ0v) is 13.5. The van der Waals surface area contributed by atoms with Gasteiger partial charge in [0.15, 0.2) is 11.4 Å². The third-order valence-electron chi connectivity index (χ3n) is 3.14. The summed E-state index contributed by atoms with van der Waals surface area (Å²) in [4.78, 5) is 1.12. The first-order chi connectivity index (χ1) is 10.1. The van der Waals surface area contributed by atoms with Crippen molar-refractivity contribution in [3.05, 3.63) is 64.6 Å². The zero-order valence-electron chi connectivity index (χ0n) is 11.1. The Bertz CT molecular complexity index is 774. The second kappa shape index (κ2) is 6.22. The largest absolute Gasteiger partial charge is 0.456 e. The summed E-state index contributed by atoms with van der Waals surface area (Å²) in [6.45, 7) is 0. The highest BCUT2D eigenvalue weighted by molar-refractivity contribution is 9.10. The average molecular weight is 366 g/mol. The predicted molar refractivity (Wildman–Crippen MR) is 88.0 cm³/mol. The molecule has 1 aromatic heterocycles. The van der Waals surface area contributed by atoms with Gasteiger partial charge in [-0.1, -0.05) is 24.3 Å². The Labute approximate surface area is 134 Å². The molecule has 0 radical (unpaired) electrons. The van der Waals surface area contributed by atoms with Gasteiger partial charge in [-0.2, -0.15) is 0 Å². The molecule has 0 saturated heterocycles. The van der Waals surface area contributed by atoms with Crippen molar-refractivity contribution in [2.75, 3.05) is 5.75 Å². The van der Waals surface area contributed by atoms with Gasteiger partial charge in [0.1, 0.15) is 5.76 Å². The summed E-state index contributed by atoms with van der Waals surface area (Å²) in [5.74, 6) is 0.906. The van der Waals surface area contributed by atoms with Gasteiger partial charge in [0.25, 0.3) is 0 Å². The summed E-state index contributed by atoms with van der Waals surface area (Å²) in [5.41, 5.74) is 6.43. The van der Waals surface area contributed by atoms with Crippen LogP contribution in [-0.4, -0.2) is 5.75 Å². The number of thioether (sulfide) groups is 1. The minimum Gasteiger partial charge on any atom is -0.456 e. The van der Waals surface area contributed by atoms with Gasteiger partial charge in [-0.05, 0) is 40.2 Å². The van der Waals surface area contributed by atoms with E-state index in [2.05, 4.69) is 15.9 Å². The summed E-state index contributed by atoms with van der Waals surface area (Å²) in [5, 5.41) is 0.742. The van der Waals surface area contributed by atoms with Gasteiger partial charge in [-0.15, -0.1) is 11.8 Å². The predicted octanol–water partition coefficient (Wildman–Crippen LogP) is 5.13. The van der Waals surface area contributed by atoms with Gasteiger partial charge in [0.05, 0.1) is 6.04 Å². The zero-order chi connectivity index (χ0) is 14.8. The molecule has 0 aliphatic carbocycles. The summed E-state index contributed by atoms with van der Waals surface area (Å²) in [6.07, 6.45) is 0. The summed E-state index contributed by atoms with van der Waals surface area (Å²) < 4.78 is 20.2. The van der Waals surface area contributed by atoms with Crippen molar-refractivity contribution in [3.63, 3.8) is 0 Å². The molecule has 3 rings (SSSR count). The molecule has 2 N–H and O–H groups in total. The lowest BCUT2D eigenvalue weighted by molar-refractivity contribution is 0.495. The molecule has 0 fully saturated rings. The Morgan fingerprint density at radius 3 is 2.76 bits per heavy atom. The topological polar surface area (TPSA) is 39.2 Å². The van der Waals surface area contributed by atoms with Crippen molar-refractivity contribution >= 4 is 38.7 Å². The van der Waals surface area contributed by atoms with Crippen molar-refractivity contribution in [1.29, 1.82) is 0 Å². The first kappa shape index (κ1) is 14.6. The van der Waals surface area contributed by atoms with Crippen LogP contribution in [0.2, 0.25) is 0 Å². The normalized spacial score (nSPS) is 12.7. The molecular formula is C16H13BrFNOS. The fraction of sp³-hybridized carbons (Fsp3) is 0.125. The number of para-hydroxylation sites is 1. The number of fused-ring (bicyclic) bond motifs is 1. The molecule has 5 heteroatoms. The molecule has 2 nitrogen and oxygen atoms in total. The summed E-state index contributed by atoms with van der Waals surface area (Å²) in [7, 11) is 0. The van der Waals surface area contributed by atoms with Crippen molar-refractivity contribution in [2.24, 2.45) is 5.73 Å². The monoisotopic (exact) mass is 365 g/mol. The molecule has 0 bridgehead atoms. The number of hydrogen-bond acceptors (Lipinski definition) is 3. The van der Waals surface area contributed by atoms with Crippen molar-refractivity contribution in [3.8, 4) is 0 Å². The molecule has 0 amide bonds. The lowest BCUT2D eigenvalue weighted by Crippen LogP contribution is -2.11. The summed E-state index contributed by atoms with van der Waals surface area (Å²) in [6, 6.07) is 14.4. The molecular weight excluding hydrogens is 353 g/mol. The van der Waals surface area contributed by atoms with Crippen LogP contribution in [0.1, 0.15) is 11.8 Å². The first-order valence-electron chi connectivity index (χ1n) is 6.46. The minimum atomic E-state index is -0.357. The highest BCUT2D eigenvalue weighted by Crippen LogP contribution is 2.31. The number of furan rings is 1. The lowest BCUT2D eigenvalue weighted by Gasteiger charge is -2.09. The van der Waals surface area contributed by atoms with E-state index in [0.29, 0.717) is 11.5 Å². The molecule has 1 heterocycles. The first-order valence-corrected chi connectivity index (χ1v) is 8.24. The molecule has 0 aliphatic rings. The van der Waals surface area contributed by atoms with E-state index < -0.39 is 0 Å². The van der Waals surface area contributed by atoms with E-state index in [4.69, 9.17) is 10.2 Å². The van der Waals surface area contributed by atoms with Crippen LogP contribution in [0.25, 0.3) is 11.0 Å². The fourth-order valence-electron chi connectivity index (χ4n) is 2.05. The molecule has 0 saturated carbocycles. The maximum atomic E-state index is 13.6. The average Bonchev–Trinajstić information content (AvgIpc) is 2.92. The molecule has 21 heavy (non-hydrogen) atoms. The SMILES string of the molecule is NC(CSc1ccccc1Br)c1cc2cccc(F)c2o1. The maximum Gasteiger partial charge on any atom is 0.169 e. The van der Waals surface area contributed by atoms with Gasteiger partial charge in [0, 0.05) is 20.5 Å². The second-order valence-electron chi connectivity index (χ2n) is 4.65. The van der Waals surface area contributed by atoms with Crippen molar-refractivity contribution < 1.29 is 8.81 Å². The van der Waals surface area contributed by atoms with Crippen LogP contribution in [0, 0.1) is 5.82 Å². The van der Waals surface area contributed by atoms with Gasteiger partial charge in [-0.25, -0.2) is 4.39 Å². The van der Waals surface area contributed by atoms with E-state index in [0.717, 1.165) is 14.8 Å². The molecule has 0 spiro atoms. The number of rotatable bonds is 4. The van der Waals surface area contributed by atoms with E-state index in [9.17, 15) is 4.39 Å². The van der Waals surface area contributed by atoms with Gasteiger partial charge in [0.2, 0.25) is 0 Å². The van der Waals surface area contributed by atoms with Gasteiger partial charge < -0.3 is 10.2 Å². The lowest BCUT2D eigenvalue weighted by atomic mass is 10.2. The number of benzene rings is 2.